The van der Waals surface area contributed by atoms with Crippen LogP contribution in [-0.4, -0.2) is 53.0 Å². The molecule has 0 saturated heterocycles. The smallest absolute Gasteiger partial charge is 0.335 e. The first-order chi connectivity index (χ1) is 36.4. The largest absolute Gasteiger partial charge is 0.478 e. The maximum atomic E-state index is 11.8. The van der Waals surface area contributed by atoms with Gasteiger partial charge in [-0.1, -0.05) is 162 Å². The van der Waals surface area contributed by atoms with Crippen molar-refractivity contribution in [3.05, 3.63) is 247 Å². The van der Waals surface area contributed by atoms with Crippen LogP contribution in [0.3, 0.4) is 0 Å². The summed E-state index contributed by atoms with van der Waals surface area (Å²) in [5.74, 6) is 35.9. The molecule has 0 bridgehead atoms. The van der Waals surface area contributed by atoms with Gasteiger partial charge in [-0.25, -0.2) is 14.4 Å². The number of carbonyl (C=O) groups is 3. The molecule has 7 aromatic carbocycles. The van der Waals surface area contributed by atoms with Crippen LogP contribution in [0.4, 0.5) is 0 Å². The highest BCUT2D eigenvalue weighted by molar-refractivity contribution is 5.89. The highest BCUT2D eigenvalue weighted by Crippen LogP contribution is 2.28. The molecular formula is C66H48O9. The maximum Gasteiger partial charge on any atom is 0.335 e. The van der Waals surface area contributed by atoms with Gasteiger partial charge in [-0.05, 0) is 110 Å². The van der Waals surface area contributed by atoms with Crippen molar-refractivity contribution in [2.24, 2.45) is 0 Å². The molecule has 9 nitrogen and oxygen atoms in total. The van der Waals surface area contributed by atoms with E-state index in [1.165, 1.54) is 36.4 Å². The maximum absolute atomic E-state index is 11.8. The van der Waals surface area contributed by atoms with Gasteiger partial charge in [0.15, 0.2) is 0 Å². The second-order valence-electron chi connectivity index (χ2n) is 16.6. The van der Waals surface area contributed by atoms with E-state index in [1.807, 2.05) is 112 Å². The Labute approximate surface area is 437 Å². The monoisotopic (exact) mass is 984 g/mol. The lowest BCUT2D eigenvalue weighted by atomic mass is 9.86. The lowest BCUT2D eigenvalue weighted by Gasteiger charge is -2.14. The molecule has 0 heterocycles. The molecule has 0 unspecified atom stereocenters. The second kappa shape index (κ2) is 26.6. The zero-order valence-corrected chi connectivity index (χ0v) is 41.2. The fourth-order valence-electron chi connectivity index (χ4n) is 7.33. The van der Waals surface area contributed by atoms with Gasteiger partial charge in [0.1, 0.15) is 19.8 Å². The number of ether oxygens (including phenoxy) is 3. The molecule has 0 radical (unpaired) electrons. The van der Waals surface area contributed by atoms with Crippen molar-refractivity contribution in [3.8, 4) is 71.0 Å². The number of benzene rings is 7. The van der Waals surface area contributed by atoms with Crippen molar-refractivity contribution in [1.82, 2.24) is 0 Å². The molecule has 0 fully saturated rings. The average Bonchev–Trinajstić information content (AvgIpc) is 3.44. The van der Waals surface area contributed by atoms with Gasteiger partial charge in [0.25, 0.3) is 0 Å². The molecule has 366 valence electrons. The first-order valence-electron chi connectivity index (χ1n) is 23.7. The van der Waals surface area contributed by atoms with Crippen LogP contribution in [0.5, 0.6) is 0 Å². The number of rotatable bonds is 12. The third kappa shape index (κ3) is 15.1. The molecular weight excluding hydrogens is 937 g/mol. The van der Waals surface area contributed by atoms with Crippen LogP contribution in [0, 0.1) is 71.0 Å². The summed E-state index contributed by atoms with van der Waals surface area (Å²) in [5.41, 5.74) is 6.56. The van der Waals surface area contributed by atoms with Gasteiger partial charge in [0.05, 0.1) is 68.4 Å². The summed E-state index contributed by atoms with van der Waals surface area (Å²) in [6.07, 6.45) is -0.908. The predicted octanol–water partition coefficient (Wildman–Crippen LogP) is 11.4. The SMILES string of the molecule is C[C@H](OCC#Cc1c(C#Cc2ccc(C(=O)O)cc2)c(C#CCO[C@@H](C)c2ccccc2)c(C#Cc2ccc(C(=O)O)cc2)c(C#CCO[C@@H](C)c2ccccc2)c1C#Cc1ccc(C(=O)O)cc1)c1ccccc1. The number of aromatic carboxylic acids is 3. The number of carboxylic acid groups (broad SMARTS) is 3. The first-order valence-corrected chi connectivity index (χ1v) is 23.7. The molecule has 7 aromatic rings. The van der Waals surface area contributed by atoms with Crippen molar-refractivity contribution in [2.75, 3.05) is 19.8 Å². The van der Waals surface area contributed by atoms with Crippen LogP contribution in [-0.2, 0) is 14.2 Å². The molecule has 0 spiro atoms. The highest BCUT2D eigenvalue weighted by Gasteiger charge is 2.21. The van der Waals surface area contributed by atoms with Gasteiger partial charge in [-0.2, -0.15) is 0 Å². The molecule has 0 saturated carbocycles. The van der Waals surface area contributed by atoms with Crippen LogP contribution in [0.25, 0.3) is 0 Å². The van der Waals surface area contributed by atoms with E-state index in [2.05, 4.69) is 71.0 Å². The van der Waals surface area contributed by atoms with E-state index in [0.717, 1.165) is 16.7 Å². The van der Waals surface area contributed by atoms with Crippen LogP contribution in [0.15, 0.2) is 164 Å². The van der Waals surface area contributed by atoms with Gasteiger partial charge in [0, 0.05) is 16.7 Å². The third-order valence-corrected chi connectivity index (χ3v) is 11.6. The minimum absolute atomic E-state index is 0.00452. The van der Waals surface area contributed by atoms with Crippen molar-refractivity contribution in [3.63, 3.8) is 0 Å². The predicted molar refractivity (Wildman–Crippen MR) is 288 cm³/mol. The molecule has 75 heavy (non-hydrogen) atoms. The molecule has 3 atom stereocenters. The molecule has 0 aliphatic heterocycles. The molecule has 9 heteroatoms. The Kier molecular flexibility index (Phi) is 18.8. The van der Waals surface area contributed by atoms with Crippen LogP contribution in [0.2, 0.25) is 0 Å². The number of hydrogen-bond donors (Lipinski definition) is 3. The van der Waals surface area contributed by atoms with Crippen LogP contribution >= 0.6 is 0 Å². The minimum Gasteiger partial charge on any atom is -0.478 e. The zero-order chi connectivity index (χ0) is 52.9. The number of carboxylic acids is 3. The fraction of sp³-hybridized carbons (Fsp3) is 0.136. The van der Waals surface area contributed by atoms with E-state index in [9.17, 15) is 29.7 Å². The van der Waals surface area contributed by atoms with Crippen molar-refractivity contribution in [1.29, 1.82) is 0 Å². The van der Waals surface area contributed by atoms with Crippen LogP contribution < -0.4 is 0 Å². The quantitative estimate of drug-likeness (QED) is 0.102. The fourth-order valence-corrected chi connectivity index (χ4v) is 7.33. The summed E-state index contributed by atoms with van der Waals surface area (Å²) in [5, 5.41) is 29.0. The molecule has 0 aliphatic carbocycles. The molecule has 3 N–H and O–H groups in total. The van der Waals surface area contributed by atoms with E-state index >= 15 is 0 Å². The second-order valence-corrected chi connectivity index (χ2v) is 16.6. The van der Waals surface area contributed by atoms with E-state index in [0.29, 0.717) is 50.1 Å². The summed E-state index contributed by atoms with van der Waals surface area (Å²) in [6, 6.07) is 47.6. The average molecular weight is 985 g/mol. The summed E-state index contributed by atoms with van der Waals surface area (Å²) in [7, 11) is 0. The Hall–Kier alpha value is -9.81. The van der Waals surface area contributed by atoms with Gasteiger partial charge in [-0.3, -0.25) is 0 Å². The summed E-state index contributed by atoms with van der Waals surface area (Å²) in [6.45, 7) is 5.78. The van der Waals surface area contributed by atoms with Gasteiger partial charge in [-0.15, -0.1) is 0 Å². The van der Waals surface area contributed by atoms with E-state index in [1.54, 1.807) is 36.4 Å². The number of hydrogen-bond acceptors (Lipinski definition) is 6. The third-order valence-electron chi connectivity index (χ3n) is 11.6. The zero-order valence-electron chi connectivity index (χ0n) is 41.2. The lowest BCUT2D eigenvalue weighted by Crippen LogP contribution is -2.06. The van der Waals surface area contributed by atoms with Crippen molar-refractivity contribution < 1.29 is 43.9 Å². The Morgan fingerprint density at radius 2 is 0.560 bits per heavy atom. The topological polar surface area (TPSA) is 140 Å². The minimum atomic E-state index is -1.09. The van der Waals surface area contributed by atoms with Crippen molar-refractivity contribution in [2.45, 2.75) is 39.1 Å². The lowest BCUT2D eigenvalue weighted by molar-refractivity contribution is 0.0686. The van der Waals surface area contributed by atoms with Gasteiger partial charge in [0.2, 0.25) is 0 Å². The normalized spacial score (nSPS) is 11.2. The summed E-state index contributed by atoms with van der Waals surface area (Å²) >= 11 is 0. The summed E-state index contributed by atoms with van der Waals surface area (Å²) < 4.78 is 18.7. The van der Waals surface area contributed by atoms with E-state index in [4.69, 9.17) is 14.2 Å². The van der Waals surface area contributed by atoms with Gasteiger partial charge < -0.3 is 29.5 Å². The summed E-state index contributed by atoms with van der Waals surface area (Å²) in [4.78, 5) is 35.4. The Morgan fingerprint density at radius 3 is 0.787 bits per heavy atom. The molecule has 0 aliphatic rings. The standard InChI is InChI=1S/C66H48O9/c1-46(52-16-7-4-8-17-52)73-43-13-22-58-61(40-31-49-25-34-55(35-26-49)64(67)68)59(23-14-44-74-47(2)53-18-9-5-10-19-53)63(42-33-51-29-38-57(39-30-51)66(71)72)60(24-15-45-75-48(3)54-20-11-6-12-21-54)62(58)41-32-50-27-36-56(37-28-50)65(69)70/h4-12,16-21,25-30,34-39,46-48H,43-45H2,1-3H3,(H,67,68)(H,69,70)(H,71,72)/t46-,47-,48-/m0/s1. The van der Waals surface area contributed by atoms with Crippen molar-refractivity contribution >= 4 is 17.9 Å². The molecule has 7 rings (SSSR count). The van der Waals surface area contributed by atoms with Gasteiger partial charge >= 0.3 is 17.9 Å². The van der Waals surface area contributed by atoms with Crippen LogP contribution in [0.1, 0.15) is 137 Å². The van der Waals surface area contributed by atoms with E-state index in [-0.39, 0.29) is 54.8 Å². The molecule has 0 aromatic heterocycles. The highest BCUT2D eigenvalue weighted by atomic mass is 16.5. The van der Waals surface area contributed by atoms with E-state index < -0.39 is 17.9 Å². The Morgan fingerprint density at radius 1 is 0.333 bits per heavy atom. The Bertz CT molecular complexity index is 3170. The first kappa shape index (κ1) is 53.0. The Balaban J connectivity index is 1.52. The molecule has 0 amide bonds.